The summed E-state index contributed by atoms with van der Waals surface area (Å²) in [7, 11) is 1.63. The van der Waals surface area contributed by atoms with E-state index >= 15 is 0 Å². The van der Waals surface area contributed by atoms with Gasteiger partial charge >= 0.3 is 0 Å². The predicted octanol–water partition coefficient (Wildman–Crippen LogP) is 0.574. The zero-order valence-electron chi connectivity index (χ0n) is 9.71. The van der Waals surface area contributed by atoms with Gasteiger partial charge in [-0.05, 0) is 10.4 Å². The second kappa shape index (κ2) is 4.32. The first-order chi connectivity index (χ1) is 8.09. The summed E-state index contributed by atoms with van der Waals surface area (Å²) >= 11 is 0. The van der Waals surface area contributed by atoms with E-state index in [4.69, 9.17) is 4.42 Å². The predicted molar refractivity (Wildman–Crippen MR) is 57.3 cm³/mol. The molecule has 0 unspecified atom stereocenters. The number of nitrogens with one attached hydrogen (secondary N) is 1. The van der Waals surface area contributed by atoms with Crippen molar-refractivity contribution in [2.75, 3.05) is 5.32 Å². The van der Waals surface area contributed by atoms with Crippen LogP contribution in [0.2, 0.25) is 0 Å². The van der Waals surface area contributed by atoms with E-state index in [1.54, 1.807) is 7.05 Å². The molecule has 90 valence electrons. The molecule has 0 spiro atoms. The van der Waals surface area contributed by atoms with Crippen molar-refractivity contribution in [1.29, 1.82) is 0 Å². The van der Waals surface area contributed by atoms with Gasteiger partial charge in [-0.15, -0.1) is 0 Å². The molecule has 0 fully saturated rings. The summed E-state index contributed by atoms with van der Waals surface area (Å²) in [6, 6.07) is 0. The van der Waals surface area contributed by atoms with Crippen molar-refractivity contribution in [3.8, 4) is 0 Å². The Morgan fingerprint density at radius 2 is 2.29 bits per heavy atom. The van der Waals surface area contributed by atoms with E-state index in [-0.39, 0.29) is 23.5 Å². The van der Waals surface area contributed by atoms with Gasteiger partial charge in [0, 0.05) is 13.0 Å². The molecule has 1 N–H and O–H groups in total. The monoisotopic (exact) mass is 236 g/mol. The quantitative estimate of drug-likeness (QED) is 0.836. The molecule has 0 aliphatic heterocycles. The molecule has 2 aromatic rings. The van der Waals surface area contributed by atoms with Crippen LogP contribution in [0.5, 0.6) is 0 Å². The van der Waals surface area contributed by atoms with E-state index in [1.165, 1.54) is 11.1 Å². The Morgan fingerprint density at radius 3 is 2.88 bits per heavy atom. The highest BCUT2D eigenvalue weighted by Gasteiger charge is 2.20. The zero-order chi connectivity index (χ0) is 12.4. The van der Waals surface area contributed by atoms with Crippen molar-refractivity contribution in [2.24, 2.45) is 7.05 Å². The van der Waals surface area contributed by atoms with Crippen molar-refractivity contribution in [3.05, 3.63) is 17.8 Å². The number of nitrogens with zero attached hydrogens (tertiary/aromatic N) is 5. The molecule has 0 radical (unpaired) electrons. The fraction of sp³-hybridized carbons (Fsp3) is 0.444. The van der Waals surface area contributed by atoms with Crippen LogP contribution in [0.3, 0.4) is 0 Å². The highest BCUT2D eigenvalue weighted by atomic mass is 16.3. The average molecular weight is 236 g/mol. The number of anilines is 1. The summed E-state index contributed by atoms with van der Waals surface area (Å²) in [4.78, 5) is 15.8. The smallest absolute Gasteiger partial charge is 0.280 e. The lowest BCUT2D eigenvalue weighted by molar-refractivity contribution is 0.101. The van der Waals surface area contributed by atoms with Gasteiger partial charge in [-0.3, -0.25) is 10.1 Å². The minimum absolute atomic E-state index is 0.0795. The normalized spacial score (nSPS) is 10.8. The summed E-state index contributed by atoms with van der Waals surface area (Å²) in [5.74, 6) is 0.488. The summed E-state index contributed by atoms with van der Waals surface area (Å²) in [5.41, 5.74) is 0.253. The molecule has 17 heavy (non-hydrogen) atoms. The van der Waals surface area contributed by atoms with Gasteiger partial charge in [0.25, 0.3) is 5.91 Å². The van der Waals surface area contributed by atoms with Crippen LogP contribution in [0, 0.1) is 0 Å². The Kier molecular flexibility index (Phi) is 2.86. The minimum atomic E-state index is -0.389. The first kappa shape index (κ1) is 11.2. The first-order valence-corrected chi connectivity index (χ1v) is 5.06. The number of oxazole rings is 1. The van der Waals surface area contributed by atoms with E-state index in [9.17, 15) is 4.79 Å². The molecule has 0 bridgehead atoms. The first-order valence-electron chi connectivity index (χ1n) is 5.06. The molecule has 0 aliphatic rings. The van der Waals surface area contributed by atoms with Gasteiger partial charge in [0.2, 0.25) is 5.95 Å². The van der Waals surface area contributed by atoms with Gasteiger partial charge in [0.15, 0.2) is 12.1 Å². The third-order valence-electron chi connectivity index (χ3n) is 2.18. The molecule has 2 aromatic heterocycles. The largest absolute Gasteiger partial charge is 0.447 e. The number of aromatic nitrogens is 5. The summed E-state index contributed by atoms with van der Waals surface area (Å²) in [6.07, 6.45) is 1.25. The van der Waals surface area contributed by atoms with Crippen molar-refractivity contribution < 1.29 is 9.21 Å². The molecule has 2 rings (SSSR count). The highest BCUT2D eigenvalue weighted by Crippen LogP contribution is 2.18. The number of hydrogen-bond donors (Lipinski definition) is 1. The molecule has 8 nitrogen and oxygen atoms in total. The van der Waals surface area contributed by atoms with Crippen LogP contribution >= 0.6 is 0 Å². The maximum absolute atomic E-state index is 11.9. The molecular formula is C9H12N6O2. The van der Waals surface area contributed by atoms with Gasteiger partial charge in [0.1, 0.15) is 5.76 Å². The van der Waals surface area contributed by atoms with E-state index < -0.39 is 0 Å². The Balaban J connectivity index is 2.21. The summed E-state index contributed by atoms with van der Waals surface area (Å²) in [6.45, 7) is 3.84. The second-order valence-corrected chi connectivity index (χ2v) is 3.80. The SMILES string of the molecule is CC(C)c1ocnc1C(=O)Nc1nnnn1C. The standard InChI is InChI=1S/C9H12N6O2/c1-5(2)7-6(10-4-17-7)8(16)11-9-12-13-14-15(9)3/h4-5H,1-3H3,(H,11,12,14,16). The molecule has 0 atom stereocenters. The third-order valence-corrected chi connectivity index (χ3v) is 2.18. The molecule has 8 heteroatoms. The van der Waals surface area contributed by atoms with Crippen LogP contribution in [-0.4, -0.2) is 31.1 Å². The molecule has 0 aliphatic carbocycles. The van der Waals surface area contributed by atoms with Gasteiger partial charge in [-0.1, -0.05) is 18.9 Å². The number of carbonyl (C=O) groups is 1. The number of rotatable bonds is 3. The summed E-state index contributed by atoms with van der Waals surface area (Å²) in [5, 5.41) is 13.2. The molecular weight excluding hydrogens is 224 g/mol. The fourth-order valence-corrected chi connectivity index (χ4v) is 1.33. The van der Waals surface area contributed by atoms with E-state index in [2.05, 4.69) is 25.8 Å². The molecule has 1 amide bonds. The number of tetrazole rings is 1. The highest BCUT2D eigenvalue weighted by molar-refractivity contribution is 6.02. The lowest BCUT2D eigenvalue weighted by Gasteiger charge is -2.04. The van der Waals surface area contributed by atoms with Gasteiger partial charge in [-0.2, -0.15) is 0 Å². The van der Waals surface area contributed by atoms with Crippen molar-refractivity contribution in [3.63, 3.8) is 0 Å². The maximum atomic E-state index is 11.9. The Bertz CT molecular complexity index is 529. The van der Waals surface area contributed by atoms with Crippen LogP contribution in [0.25, 0.3) is 0 Å². The zero-order valence-corrected chi connectivity index (χ0v) is 9.71. The number of carbonyl (C=O) groups excluding carboxylic acids is 1. The van der Waals surface area contributed by atoms with Gasteiger partial charge in [0.05, 0.1) is 0 Å². The number of aryl methyl sites for hydroxylation is 1. The van der Waals surface area contributed by atoms with Crippen LogP contribution in [0.1, 0.15) is 36.0 Å². The maximum Gasteiger partial charge on any atom is 0.280 e. The van der Waals surface area contributed by atoms with E-state index in [1.807, 2.05) is 13.8 Å². The fourth-order valence-electron chi connectivity index (χ4n) is 1.33. The second-order valence-electron chi connectivity index (χ2n) is 3.80. The molecule has 0 aromatic carbocycles. The van der Waals surface area contributed by atoms with Gasteiger partial charge < -0.3 is 4.42 Å². The van der Waals surface area contributed by atoms with E-state index in [0.29, 0.717) is 5.76 Å². The van der Waals surface area contributed by atoms with Crippen molar-refractivity contribution in [2.45, 2.75) is 19.8 Å². The molecule has 0 saturated heterocycles. The van der Waals surface area contributed by atoms with Crippen LogP contribution in [0.15, 0.2) is 10.8 Å². The van der Waals surface area contributed by atoms with E-state index in [0.717, 1.165) is 0 Å². The average Bonchev–Trinajstić information content (AvgIpc) is 2.87. The van der Waals surface area contributed by atoms with Crippen molar-refractivity contribution >= 4 is 11.9 Å². The van der Waals surface area contributed by atoms with Crippen LogP contribution in [0.4, 0.5) is 5.95 Å². The van der Waals surface area contributed by atoms with Crippen molar-refractivity contribution in [1.82, 2.24) is 25.2 Å². The number of hydrogen-bond acceptors (Lipinski definition) is 6. The minimum Gasteiger partial charge on any atom is -0.447 e. The van der Waals surface area contributed by atoms with Crippen LogP contribution < -0.4 is 5.32 Å². The summed E-state index contributed by atoms with van der Waals surface area (Å²) < 4.78 is 6.52. The lowest BCUT2D eigenvalue weighted by atomic mass is 10.1. The topological polar surface area (TPSA) is 98.7 Å². The molecule has 0 saturated carbocycles. The number of amides is 1. The third kappa shape index (κ3) is 2.14. The van der Waals surface area contributed by atoms with Crippen LogP contribution in [-0.2, 0) is 7.05 Å². The Labute approximate surface area is 97.0 Å². The Hall–Kier alpha value is -2.25. The van der Waals surface area contributed by atoms with Gasteiger partial charge in [-0.25, -0.2) is 9.67 Å². The molecule has 2 heterocycles. The lowest BCUT2D eigenvalue weighted by Crippen LogP contribution is -2.17. The Morgan fingerprint density at radius 1 is 1.53 bits per heavy atom.